The summed E-state index contributed by atoms with van der Waals surface area (Å²) in [5.74, 6) is -2.88. The molecule has 0 amide bonds. The number of aliphatic carboxylic acids is 1. The van der Waals surface area contributed by atoms with Crippen LogP contribution >= 0.6 is 0 Å². The quantitative estimate of drug-likeness (QED) is 0.442. The molecule has 1 saturated heterocycles. The van der Waals surface area contributed by atoms with Crippen molar-refractivity contribution in [1.29, 1.82) is 0 Å². The number of carboxylic acid groups (broad SMARTS) is 1. The van der Waals surface area contributed by atoms with Gasteiger partial charge in [0.05, 0.1) is 27.7 Å². The minimum absolute atomic E-state index is 0. The van der Waals surface area contributed by atoms with Crippen LogP contribution in [0.3, 0.4) is 0 Å². The Kier molecular flexibility index (Phi) is 5.06. The topological polar surface area (TPSA) is 169 Å². The molecule has 0 radical (unpaired) electrons. The summed E-state index contributed by atoms with van der Waals surface area (Å²) in [6, 6.07) is 0. The van der Waals surface area contributed by atoms with E-state index in [0.29, 0.717) is 0 Å². The summed E-state index contributed by atoms with van der Waals surface area (Å²) in [5.41, 5.74) is 5.61. The summed E-state index contributed by atoms with van der Waals surface area (Å²) in [6.07, 6.45) is -0.954. The van der Waals surface area contributed by atoms with Gasteiger partial charge in [0, 0.05) is 6.42 Å². The maximum absolute atomic E-state index is 10.8. The minimum atomic E-state index is -3.15. The Morgan fingerprint density at radius 1 is 1.62 bits per heavy atom. The standard InChI is InChI=1S/C12H15N5O6.Na/c13-12-15-10-9(11(16-12)22-3-8(20)21)14-4-17(10)7-1-5(19)6(2-18)23-7;/h4-7,18-19H,1-3H2,(H,20,21)(H2,13,15,16);/q;+1/p-1/t5-,6+,7+;/m0./s1/i3D2;. The molecule has 1 fully saturated rings. The molecule has 11 nitrogen and oxygen atoms in total. The number of carbonyl (C=O) groups excluding carboxylic acids is 1. The molecule has 12 heteroatoms. The van der Waals surface area contributed by atoms with Crippen LogP contribution in [0.2, 0.25) is 0 Å². The smallest absolute Gasteiger partial charge is 0.546 e. The number of hydrogen-bond donors (Lipinski definition) is 3. The van der Waals surface area contributed by atoms with Gasteiger partial charge in [0.25, 0.3) is 0 Å². The van der Waals surface area contributed by atoms with Crippen LogP contribution in [0.1, 0.15) is 15.4 Å². The molecule has 2 aromatic heterocycles. The Hall–Kier alpha value is -1.50. The van der Waals surface area contributed by atoms with Crippen LogP contribution in [0.5, 0.6) is 5.88 Å². The SMILES string of the molecule is [2H]C([2H])(Oc1nc(N)nc2c1ncn2[C@H]1C[C@H](O)[C@@H](CO)O1)C(=O)[O-].[Na+]. The van der Waals surface area contributed by atoms with Crippen LogP contribution in [0.15, 0.2) is 6.33 Å². The van der Waals surface area contributed by atoms with Gasteiger partial charge in [0.1, 0.15) is 18.9 Å². The van der Waals surface area contributed by atoms with Gasteiger partial charge in [-0.2, -0.15) is 9.97 Å². The Bertz CT molecular complexity index is 821. The van der Waals surface area contributed by atoms with Crippen molar-refractivity contribution in [3.05, 3.63) is 6.33 Å². The molecule has 124 valence electrons. The van der Waals surface area contributed by atoms with Crippen molar-refractivity contribution in [3.63, 3.8) is 0 Å². The fourth-order valence-corrected chi connectivity index (χ4v) is 2.33. The van der Waals surface area contributed by atoms with E-state index in [4.69, 9.17) is 23.1 Å². The van der Waals surface area contributed by atoms with E-state index in [1.807, 2.05) is 0 Å². The van der Waals surface area contributed by atoms with Crippen LogP contribution in [0, 0.1) is 0 Å². The predicted octanol–water partition coefficient (Wildman–Crippen LogP) is -5.82. The average Bonchev–Trinajstić information content (AvgIpc) is 3.09. The van der Waals surface area contributed by atoms with Gasteiger partial charge in [-0.1, -0.05) is 0 Å². The molecule has 4 N–H and O–H groups in total. The zero-order chi connectivity index (χ0) is 18.4. The molecule has 3 heterocycles. The minimum Gasteiger partial charge on any atom is -0.546 e. The Balaban J connectivity index is 0.00000243. The maximum atomic E-state index is 10.8. The van der Waals surface area contributed by atoms with E-state index in [0.717, 1.165) is 0 Å². The molecule has 0 unspecified atom stereocenters. The summed E-state index contributed by atoms with van der Waals surface area (Å²) >= 11 is 0. The van der Waals surface area contributed by atoms with Gasteiger partial charge in [0.15, 0.2) is 11.2 Å². The number of hydrogen-bond acceptors (Lipinski definition) is 10. The Morgan fingerprint density at radius 2 is 2.38 bits per heavy atom. The van der Waals surface area contributed by atoms with Crippen molar-refractivity contribution in [1.82, 2.24) is 19.5 Å². The number of carboxylic acids is 1. The monoisotopic (exact) mass is 349 g/mol. The molecule has 2 aromatic rings. The van der Waals surface area contributed by atoms with E-state index < -0.39 is 36.8 Å². The number of carbonyl (C=O) groups is 1. The van der Waals surface area contributed by atoms with E-state index >= 15 is 0 Å². The van der Waals surface area contributed by atoms with Crippen molar-refractivity contribution < 1.29 is 61.9 Å². The molecule has 0 spiro atoms. The normalized spacial score (nSPS) is 25.0. The molecule has 0 aromatic carbocycles. The van der Waals surface area contributed by atoms with Gasteiger partial charge in [0.2, 0.25) is 11.8 Å². The van der Waals surface area contributed by atoms with E-state index in [2.05, 4.69) is 15.0 Å². The maximum Gasteiger partial charge on any atom is 1.00 e. The largest absolute Gasteiger partial charge is 1.00 e. The van der Waals surface area contributed by atoms with Crippen LogP contribution in [-0.4, -0.2) is 61.1 Å². The zero-order valence-corrected chi connectivity index (χ0v) is 14.6. The van der Waals surface area contributed by atoms with Crippen LogP contribution in [-0.2, 0) is 9.53 Å². The number of aliphatic hydroxyl groups is 2. The molecule has 3 rings (SSSR count). The van der Waals surface area contributed by atoms with E-state index in [9.17, 15) is 15.0 Å². The van der Waals surface area contributed by atoms with E-state index in [1.54, 1.807) is 0 Å². The fraction of sp³-hybridized carbons (Fsp3) is 0.500. The van der Waals surface area contributed by atoms with Crippen LogP contribution in [0.25, 0.3) is 11.2 Å². The molecular weight excluding hydrogens is 333 g/mol. The first-order valence-corrected chi connectivity index (χ1v) is 6.58. The third kappa shape index (κ3) is 3.61. The van der Waals surface area contributed by atoms with Gasteiger partial charge < -0.3 is 35.3 Å². The first kappa shape index (κ1) is 16.0. The van der Waals surface area contributed by atoms with Crippen molar-refractivity contribution in [2.75, 3.05) is 18.9 Å². The summed E-state index contributed by atoms with van der Waals surface area (Å²) in [7, 11) is 0. The first-order valence-electron chi connectivity index (χ1n) is 7.58. The van der Waals surface area contributed by atoms with Gasteiger partial charge in [-0.15, -0.1) is 0 Å². The fourth-order valence-electron chi connectivity index (χ4n) is 2.33. The second kappa shape index (κ2) is 7.59. The third-order valence-corrected chi connectivity index (χ3v) is 3.33. The molecular formula is C12H14N5NaO6. The Labute approximate surface area is 160 Å². The number of nitrogens with two attached hydrogens (primary N) is 1. The molecule has 0 bridgehead atoms. The van der Waals surface area contributed by atoms with Crippen molar-refractivity contribution in [2.24, 2.45) is 0 Å². The van der Waals surface area contributed by atoms with Gasteiger partial charge in [-0.3, -0.25) is 4.57 Å². The third-order valence-electron chi connectivity index (χ3n) is 3.33. The molecule has 0 saturated carbocycles. The molecule has 1 aliphatic rings. The number of fused-ring (bicyclic) bond motifs is 1. The molecule has 1 aliphatic heterocycles. The first-order chi connectivity index (χ1) is 11.7. The Morgan fingerprint density at radius 3 is 3.00 bits per heavy atom. The number of imidazole rings is 1. The summed E-state index contributed by atoms with van der Waals surface area (Å²) in [4.78, 5) is 22.4. The zero-order valence-electron chi connectivity index (χ0n) is 14.6. The number of aliphatic hydroxyl groups excluding tert-OH is 2. The number of aromatic nitrogens is 4. The average molecular weight is 349 g/mol. The number of nitrogens with zero attached hydrogens (tertiary/aromatic N) is 4. The molecule has 0 aliphatic carbocycles. The summed E-state index contributed by atoms with van der Waals surface area (Å²) < 4.78 is 26.2. The van der Waals surface area contributed by atoms with E-state index in [-0.39, 0.29) is 59.7 Å². The number of nitrogen functional groups attached to an aromatic ring is 1. The number of rotatable bonds is 5. The predicted molar refractivity (Wildman–Crippen MR) is 71.9 cm³/mol. The van der Waals surface area contributed by atoms with Crippen molar-refractivity contribution in [3.8, 4) is 5.88 Å². The summed E-state index contributed by atoms with van der Waals surface area (Å²) in [6.45, 7) is -3.53. The second-order valence-electron chi connectivity index (χ2n) is 4.82. The molecule has 24 heavy (non-hydrogen) atoms. The number of anilines is 1. The summed E-state index contributed by atoms with van der Waals surface area (Å²) in [5, 5.41) is 29.8. The molecule has 3 atom stereocenters. The van der Waals surface area contributed by atoms with Crippen molar-refractivity contribution >= 4 is 23.1 Å². The van der Waals surface area contributed by atoms with Crippen LogP contribution in [0.4, 0.5) is 5.95 Å². The van der Waals surface area contributed by atoms with E-state index in [1.165, 1.54) is 10.9 Å². The van der Waals surface area contributed by atoms with Crippen LogP contribution < -0.4 is 45.1 Å². The van der Waals surface area contributed by atoms with Crippen molar-refractivity contribution in [2.45, 2.75) is 24.9 Å². The second-order valence-corrected chi connectivity index (χ2v) is 4.82. The number of ether oxygens (including phenoxy) is 2. The van der Waals surface area contributed by atoms with Gasteiger partial charge in [-0.25, -0.2) is 4.98 Å². The van der Waals surface area contributed by atoms with Gasteiger partial charge in [-0.05, 0) is 0 Å². The van der Waals surface area contributed by atoms with Gasteiger partial charge >= 0.3 is 29.6 Å².